The summed E-state index contributed by atoms with van der Waals surface area (Å²) in [5.74, 6) is 0.230. The van der Waals surface area contributed by atoms with Crippen LogP contribution in [-0.2, 0) is 6.54 Å². The van der Waals surface area contributed by atoms with Crippen molar-refractivity contribution in [3.05, 3.63) is 53.6 Å². The molecule has 1 unspecified atom stereocenters. The molecule has 0 bridgehead atoms. The first-order valence-electron chi connectivity index (χ1n) is 8.62. The second kappa shape index (κ2) is 7.09. The number of fused-ring (bicyclic) bond motifs is 1. The lowest BCUT2D eigenvalue weighted by Gasteiger charge is -2.37. The molecule has 0 fully saturated rings. The van der Waals surface area contributed by atoms with Crippen LogP contribution in [0.15, 0.2) is 36.7 Å². The highest BCUT2D eigenvalue weighted by atomic mass is 16.2. The molecule has 3 heterocycles. The third-order valence-electron chi connectivity index (χ3n) is 4.39. The van der Waals surface area contributed by atoms with Crippen molar-refractivity contribution in [1.82, 2.24) is 19.8 Å². The van der Waals surface area contributed by atoms with Gasteiger partial charge in [0, 0.05) is 37.7 Å². The minimum absolute atomic E-state index is 0.0289. The minimum Gasteiger partial charge on any atom is -0.350 e. The number of aromatic nitrogens is 2. The molecule has 1 aliphatic rings. The quantitative estimate of drug-likeness (QED) is 0.906. The number of aryl methyl sites for hydroxylation is 1. The molecule has 1 aliphatic heterocycles. The van der Waals surface area contributed by atoms with Crippen LogP contribution in [0.5, 0.6) is 0 Å². The molecule has 6 heteroatoms. The van der Waals surface area contributed by atoms with Gasteiger partial charge >= 0.3 is 0 Å². The number of hydrogen-bond donors (Lipinski definition) is 1. The monoisotopic (exact) mass is 340 g/mol. The molecule has 25 heavy (non-hydrogen) atoms. The van der Waals surface area contributed by atoms with Gasteiger partial charge in [0.25, 0.3) is 11.8 Å². The highest BCUT2D eigenvalue weighted by Gasteiger charge is 2.32. The van der Waals surface area contributed by atoms with E-state index in [1.165, 1.54) is 0 Å². The summed E-state index contributed by atoms with van der Waals surface area (Å²) in [6, 6.07) is 7.26. The van der Waals surface area contributed by atoms with Crippen LogP contribution < -0.4 is 5.32 Å². The van der Waals surface area contributed by atoms with Crippen LogP contribution in [0.4, 0.5) is 0 Å². The van der Waals surface area contributed by atoms with Gasteiger partial charge in [0.05, 0.1) is 11.6 Å². The maximum atomic E-state index is 12.8. The minimum atomic E-state index is -0.164. The normalized spacial score (nSPS) is 16.9. The summed E-state index contributed by atoms with van der Waals surface area (Å²) >= 11 is 0. The van der Waals surface area contributed by atoms with Crippen molar-refractivity contribution in [2.45, 2.75) is 33.4 Å². The smallest absolute Gasteiger partial charge is 0.270 e. The average Bonchev–Trinajstić information content (AvgIpc) is 3.04. The first-order chi connectivity index (χ1) is 12.0. The lowest BCUT2D eigenvalue weighted by molar-refractivity contribution is 0.0554. The predicted molar refractivity (Wildman–Crippen MR) is 95.4 cm³/mol. The number of pyridine rings is 1. The van der Waals surface area contributed by atoms with Gasteiger partial charge in [0.1, 0.15) is 5.69 Å². The van der Waals surface area contributed by atoms with Gasteiger partial charge in [-0.1, -0.05) is 13.8 Å². The topological polar surface area (TPSA) is 67.2 Å². The molecule has 0 aliphatic carbocycles. The fourth-order valence-corrected chi connectivity index (χ4v) is 3.12. The van der Waals surface area contributed by atoms with Crippen LogP contribution in [0.1, 0.15) is 40.4 Å². The number of carbonyl (C=O) groups excluding carboxylic acids is 2. The number of amides is 2. The van der Waals surface area contributed by atoms with Crippen molar-refractivity contribution < 1.29 is 9.59 Å². The molecule has 3 rings (SSSR count). The van der Waals surface area contributed by atoms with Gasteiger partial charge in [-0.15, -0.1) is 0 Å². The Morgan fingerprint density at radius 2 is 2.16 bits per heavy atom. The first kappa shape index (κ1) is 17.2. The number of rotatable bonds is 5. The fraction of sp³-hybridized carbons (Fsp3) is 0.421. The van der Waals surface area contributed by atoms with E-state index in [-0.39, 0.29) is 17.9 Å². The van der Waals surface area contributed by atoms with Crippen molar-refractivity contribution in [1.29, 1.82) is 0 Å². The zero-order valence-electron chi connectivity index (χ0n) is 14.9. The van der Waals surface area contributed by atoms with E-state index in [0.29, 0.717) is 36.8 Å². The number of nitrogens with zero attached hydrogens (tertiary/aromatic N) is 3. The molecule has 0 saturated heterocycles. The summed E-state index contributed by atoms with van der Waals surface area (Å²) in [5, 5.41) is 2.95. The van der Waals surface area contributed by atoms with Gasteiger partial charge in [-0.2, -0.15) is 0 Å². The zero-order chi connectivity index (χ0) is 18.0. The second-order valence-electron chi connectivity index (χ2n) is 6.95. The molecule has 0 spiro atoms. The van der Waals surface area contributed by atoms with Crippen LogP contribution >= 0.6 is 0 Å². The largest absolute Gasteiger partial charge is 0.350 e. The Balaban J connectivity index is 1.72. The first-order valence-corrected chi connectivity index (χ1v) is 8.62. The van der Waals surface area contributed by atoms with E-state index in [9.17, 15) is 9.59 Å². The Kier molecular flexibility index (Phi) is 4.88. The number of nitrogens with one attached hydrogen (secondary N) is 1. The predicted octanol–water partition coefficient (Wildman–Crippen LogP) is 2.10. The van der Waals surface area contributed by atoms with E-state index in [2.05, 4.69) is 24.1 Å². The van der Waals surface area contributed by atoms with Crippen LogP contribution in [0.3, 0.4) is 0 Å². The zero-order valence-corrected chi connectivity index (χ0v) is 14.9. The summed E-state index contributed by atoms with van der Waals surface area (Å²) in [5.41, 5.74) is 2.12. The third-order valence-corrected chi connectivity index (χ3v) is 4.39. The van der Waals surface area contributed by atoms with Crippen molar-refractivity contribution in [2.75, 3.05) is 13.1 Å². The molecular weight excluding hydrogens is 316 g/mol. The Labute approximate surface area is 147 Å². The van der Waals surface area contributed by atoms with Crippen LogP contribution in [0.25, 0.3) is 0 Å². The van der Waals surface area contributed by atoms with Crippen molar-refractivity contribution in [2.24, 2.45) is 5.92 Å². The van der Waals surface area contributed by atoms with Gasteiger partial charge in [0.15, 0.2) is 0 Å². The Morgan fingerprint density at radius 1 is 1.36 bits per heavy atom. The van der Waals surface area contributed by atoms with Crippen LogP contribution in [0, 0.1) is 12.8 Å². The van der Waals surface area contributed by atoms with E-state index in [0.717, 1.165) is 5.69 Å². The van der Waals surface area contributed by atoms with Gasteiger partial charge in [0.2, 0.25) is 0 Å². The molecule has 0 saturated carbocycles. The van der Waals surface area contributed by atoms with E-state index >= 15 is 0 Å². The van der Waals surface area contributed by atoms with Crippen LogP contribution in [-0.4, -0.2) is 45.4 Å². The third kappa shape index (κ3) is 3.73. The summed E-state index contributed by atoms with van der Waals surface area (Å²) in [4.78, 5) is 31.1. The molecule has 1 N–H and O–H groups in total. The molecule has 1 atom stereocenters. The van der Waals surface area contributed by atoms with E-state index in [1.807, 2.05) is 40.8 Å². The van der Waals surface area contributed by atoms with Gasteiger partial charge in [-0.05, 0) is 37.1 Å². The molecule has 2 aromatic rings. The van der Waals surface area contributed by atoms with Crippen molar-refractivity contribution in [3.8, 4) is 0 Å². The molecule has 0 radical (unpaired) electrons. The van der Waals surface area contributed by atoms with Crippen molar-refractivity contribution >= 4 is 11.8 Å². The molecular formula is C19H24N4O2. The molecule has 6 nitrogen and oxygen atoms in total. The summed E-state index contributed by atoms with van der Waals surface area (Å²) in [7, 11) is 0. The second-order valence-corrected chi connectivity index (χ2v) is 6.95. The molecule has 2 aromatic heterocycles. The maximum Gasteiger partial charge on any atom is 0.270 e. The highest BCUT2D eigenvalue weighted by Crippen LogP contribution is 2.19. The van der Waals surface area contributed by atoms with Gasteiger partial charge in [-0.3, -0.25) is 14.6 Å². The number of hydrogen-bond acceptors (Lipinski definition) is 3. The SMILES string of the molecule is Cc1ccc(C(=O)NCC2Cn3cccc3C(=O)N2CC(C)C)cn1. The van der Waals surface area contributed by atoms with Gasteiger partial charge in [-0.25, -0.2) is 0 Å². The highest BCUT2D eigenvalue weighted by molar-refractivity contribution is 5.95. The van der Waals surface area contributed by atoms with E-state index < -0.39 is 0 Å². The summed E-state index contributed by atoms with van der Waals surface area (Å²) < 4.78 is 1.96. The van der Waals surface area contributed by atoms with E-state index in [1.54, 1.807) is 12.3 Å². The summed E-state index contributed by atoms with van der Waals surface area (Å²) in [6.45, 7) is 7.85. The molecule has 2 amide bonds. The fourth-order valence-electron chi connectivity index (χ4n) is 3.12. The Morgan fingerprint density at radius 3 is 2.84 bits per heavy atom. The number of carbonyl (C=O) groups is 2. The Bertz CT molecular complexity index is 764. The van der Waals surface area contributed by atoms with E-state index in [4.69, 9.17) is 0 Å². The standard InChI is InChI=1S/C19H24N4O2/c1-13(2)11-23-16(12-22-8-4-5-17(22)19(23)25)10-21-18(24)15-7-6-14(3)20-9-15/h4-9,13,16H,10-12H2,1-3H3,(H,21,24). The summed E-state index contributed by atoms with van der Waals surface area (Å²) in [6.07, 6.45) is 3.49. The molecule has 0 aromatic carbocycles. The van der Waals surface area contributed by atoms with Crippen molar-refractivity contribution in [3.63, 3.8) is 0 Å². The average molecular weight is 340 g/mol. The molecule has 132 valence electrons. The van der Waals surface area contributed by atoms with Crippen LogP contribution in [0.2, 0.25) is 0 Å². The maximum absolute atomic E-state index is 12.8. The van der Waals surface area contributed by atoms with Gasteiger partial charge < -0.3 is 14.8 Å². The lowest BCUT2D eigenvalue weighted by atomic mass is 10.1. The Hall–Kier alpha value is -2.63. The lowest BCUT2D eigenvalue weighted by Crippen LogP contribution is -2.53.